The number of carbonyl (C=O) groups excluding carboxylic acids is 1. The van der Waals surface area contributed by atoms with Gasteiger partial charge in [-0.15, -0.1) is 0 Å². The molecule has 5 nitrogen and oxygen atoms in total. The fourth-order valence-corrected chi connectivity index (χ4v) is 1.87. The number of aliphatic hydroxyl groups is 1. The standard InChI is InChI=1S/C13H22N2O3/c1-5-13(4,6-7-16)14-12(17)8-11-9(2)15-18-10(11)3/h16H,5-8H2,1-4H3,(H,14,17). The Bertz CT molecular complexity index is 395. The Balaban J connectivity index is 2.67. The minimum absolute atomic E-state index is 0.0654. The summed E-state index contributed by atoms with van der Waals surface area (Å²) in [4.78, 5) is 12.0. The molecule has 1 amide bonds. The van der Waals surface area contributed by atoms with E-state index >= 15 is 0 Å². The maximum Gasteiger partial charge on any atom is 0.225 e. The Morgan fingerprint density at radius 3 is 2.61 bits per heavy atom. The monoisotopic (exact) mass is 254 g/mol. The number of rotatable bonds is 6. The molecule has 0 aromatic carbocycles. The first kappa shape index (κ1) is 14.7. The van der Waals surface area contributed by atoms with E-state index in [1.54, 1.807) is 6.92 Å². The van der Waals surface area contributed by atoms with Crippen molar-refractivity contribution in [3.63, 3.8) is 0 Å². The van der Waals surface area contributed by atoms with Gasteiger partial charge in [0.15, 0.2) is 0 Å². The van der Waals surface area contributed by atoms with Crippen LogP contribution in [-0.2, 0) is 11.2 Å². The molecule has 0 fully saturated rings. The van der Waals surface area contributed by atoms with Gasteiger partial charge in [-0.1, -0.05) is 12.1 Å². The van der Waals surface area contributed by atoms with Crippen molar-refractivity contribution in [3.8, 4) is 0 Å². The predicted molar refractivity (Wildman–Crippen MR) is 68.2 cm³/mol. The quantitative estimate of drug-likeness (QED) is 0.806. The summed E-state index contributed by atoms with van der Waals surface area (Å²) < 4.78 is 5.03. The first-order chi connectivity index (χ1) is 8.41. The van der Waals surface area contributed by atoms with E-state index in [9.17, 15) is 4.79 Å². The summed E-state index contributed by atoms with van der Waals surface area (Å²) in [7, 11) is 0. The summed E-state index contributed by atoms with van der Waals surface area (Å²) in [6.07, 6.45) is 1.60. The summed E-state index contributed by atoms with van der Waals surface area (Å²) in [6.45, 7) is 7.62. The number of nitrogens with zero attached hydrogens (tertiary/aromatic N) is 1. The zero-order valence-corrected chi connectivity index (χ0v) is 11.5. The van der Waals surface area contributed by atoms with Gasteiger partial charge in [0.1, 0.15) is 5.76 Å². The third-order valence-corrected chi connectivity index (χ3v) is 3.40. The van der Waals surface area contributed by atoms with Crippen LogP contribution in [0, 0.1) is 13.8 Å². The van der Waals surface area contributed by atoms with Crippen LogP contribution in [0.4, 0.5) is 0 Å². The van der Waals surface area contributed by atoms with Crippen molar-refractivity contribution in [3.05, 3.63) is 17.0 Å². The molecule has 0 radical (unpaired) electrons. The number of aryl methyl sites for hydroxylation is 2. The van der Waals surface area contributed by atoms with E-state index in [1.807, 2.05) is 20.8 Å². The number of hydrogen-bond donors (Lipinski definition) is 2. The minimum atomic E-state index is -0.356. The van der Waals surface area contributed by atoms with E-state index in [0.717, 1.165) is 17.7 Å². The molecule has 18 heavy (non-hydrogen) atoms. The van der Waals surface area contributed by atoms with E-state index < -0.39 is 0 Å². The van der Waals surface area contributed by atoms with Crippen molar-refractivity contribution in [2.75, 3.05) is 6.61 Å². The molecule has 0 aliphatic heterocycles. The zero-order valence-electron chi connectivity index (χ0n) is 11.5. The summed E-state index contributed by atoms with van der Waals surface area (Å²) in [6, 6.07) is 0. The highest BCUT2D eigenvalue weighted by molar-refractivity contribution is 5.79. The second-order valence-corrected chi connectivity index (χ2v) is 4.92. The lowest BCUT2D eigenvalue weighted by Crippen LogP contribution is -2.46. The Morgan fingerprint density at radius 2 is 2.17 bits per heavy atom. The van der Waals surface area contributed by atoms with Gasteiger partial charge in [-0.05, 0) is 33.6 Å². The molecule has 0 spiro atoms. The van der Waals surface area contributed by atoms with E-state index in [2.05, 4.69) is 10.5 Å². The molecule has 0 saturated heterocycles. The van der Waals surface area contributed by atoms with Gasteiger partial charge in [0.25, 0.3) is 0 Å². The van der Waals surface area contributed by atoms with Crippen LogP contribution in [0.1, 0.15) is 43.7 Å². The third-order valence-electron chi connectivity index (χ3n) is 3.40. The van der Waals surface area contributed by atoms with Crippen molar-refractivity contribution in [2.45, 2.75) is 52.5 Å². The van der Waals surface area contributed by atoms with Crippen LogP contribution >= 0.6 is 0 Å². The molecule has 2 N–H and O–H groups in total. The van der Waals surface area contributed by atoms with Gasteiger partial charge in [0, 0.05) is 17.7 Å². The van der Waals surface area contributed by atoms with Crippen LogP contribution in [-0.4, -0.2) is 28.3 Å². The largest absolute Gasteiger partial charge is 0.396 e. The van der Waals surface area contributed by atoms with E-state index in [-0.39, 0.29) is 24.5 Å². The maximum absolute atomic E-state index is 12.0. The third kappa shape index (κ3) is 3.57. The molecule has 1 aromatic heterocycles. The smallest absolute Gasteiger partial charge is 0.225 e. The molecule has 1 aromatic rings. The molecule has 0 bridgehead atoms. The fraction of sp³-hybridized carbons (Fsp3) is 0.692. The lowest BCUT2D eigenvalue weighted by atomic mass is 9.94. The number of amides is 1. The Labute approximate surface area is 108 Å². The van der Waals surface area contributed by atoms with E-state index in [0.29, 0.717) is 12.2 Å². The Hall–Kier alpha value is -1.36. The highest BCUT2D eigenvalue weighted by Crippen LogP contribution is 2.16. The number of aliphatic hydroxyl groups excluding tert-OH is 1. The lowest BCUT2D eigenvalue weighted by molar-refractivity contribution is -0.122. The molecule has 0 aliphatic rings. The van der Waals surface area contributed by atoms with Crippen molar-refractivity contribution >= 4 is 5.91 Å². The average molecular weight is 254 g/mol. The molecular formula is C13H22N2O3. The second kappa shape index (κ2) is 6.00. The molecule has 1 atom stereocenters. The SMILES string of the molecule is CCC(C)(CCO)NC(=O)Cc1c(C)noc1C. The highest BCUT2D eigenvalue weighted by atomic mass is 16.5. The highest BCUT2D eigenvalue weighted by Gasteiger charge is 2.24. The average Bonchev–Trinajstić information content (AvgIpc) is 2.61. The van der Waals surface area contributed by atoms with Gasteiger partial charge < -0.3 is 14.9 Å². The zero-order chi connectivity index (χ0) is 13.8. The molecule has 102 valence electrons. The van der Waals surface area contributed by atoms with Gasteiger partial charge >= 0.3 is 0 Å². The summed E-state index contributed by atoms with van der Waals surface area (Å²) in [5.74, 6) is 0.616. The van der Waals surface area contributed by atoms with Crippen LogP contribution in [0.25, 0.3) is 0 Å². The number of aromatic nitrogens is 1. The molecule has 0 saturated carbocycles. The first-order valence-corrected chi connectivity index (χ1v) is 6.25. The normalized spacial score (nSPS) is 14.3. The van der Waals surface area contributed by atoms with Gasteiger partial charge in [-0.25, -0.2) is 0 Å². The minimum Gasteiger partial charge on any atom is -0.396 e. The lowest BCUT2D eigenvalue weighted by Gasteiger charge is -2.29. The predicted octanol–water partition coefficient (Wildman–Crippen LogP) is 1.50. The van der Waals surface area contributed by atoms with Crippen molar-refractivity contribution in [1.29, 1.82) is 0 Å². The number of carbonyl (C=O) groups is 1. The topological polar surface area (TPSA) is 75.4 Å². The van der Waals surface area contributed by atoms with Gasteiger partial charge in [-0.3, -0.25) is 4.79 Å². The van der Waals surface area contributed by atoms with Crippen LogP contribution in [0.15, 0.2) is 4.52 Å². The van der Waals surface area contributed by atoms with E-state index in [4.69, 9.17) is 9.63 Å². The molecular weight excluding hydrogens is 232 g/mol. The molecule has 0 aliphatic carbocycles. The van der Waals surface area contributed by atoms with Crippen LogP contribution < -0.4 is 5.32 Å². The Kier molecular flexibility index (Phi) is 4.90. The van der Waals surface area contributed by atoms with Crippen LogP contribution in [0.3, 0.4) is 0 Å². The number of nitrogens with one attached hydrogen (secondary N) is 1. The van der Waals surface area contributed by atoms with Crippen molar-refractivity contribution < 1.29 is 14.4 Å². The van der Waals surface area contributed by atoms with Gasteiger partial charge in [-0.2, -0.15) is 0 Å². The molecule has 5 heteroatoms. The van der Waals surface area contributed by atoms with Crippen LogP contribution in [0.2, 0.25) is 0 Å². The summed E-state index contributed by atoms with van der Waals surface area (Å²) in [5.41, 5.74) is 1.24. The van der Waals surface area contributed by atoms with Crippen LogP contribution in [0.5, 0.6) is 0 Å². The fourth-order valence-electron chi connectivity index (χ4n) is 1.87. The van der Waals surface area contributed by atoms with Gasteiger partial charge in [0.05, 0.1) is 12.1 Å². The van der Waals surface area contributed by atoms with Gasteiger partial charge in [0.2, 0.25) is 5.91 Å². The number of hydrogen-bond acceptors (Lipinski definition) is 4. The summed E-state index contributed by atoms with van der Waals surface area (Å²) >= 11 is 0. The molecule has 1 heterocycles. The maximum atomic E-state index is 12.0. The van der Waals surface area contributed by atoms with Crippen molar-refractivity contribution in [2.24, 2.45) is 0 Å². The second-order valence-electron chi connectivity index (χ2n) is 4.92. The Morgan fingerprint density at radius 1 is 1.50 bits per heavy atom. The van der Waals surface area contributed by atoms with Crippen molar-refractivity contribution in [1.82, 2.24) is 10.5 Å². The molecule has 1 unspecified atom stereocenters. The summed E-state index contributed by atoms with van der Waals surface area (Å²) in [5, 5.41) is 15.8. The first-order valence-electron chi connectivity index (χ1n) is 6.25. The molecule has 1 rings (SSSR count). The van der Waals surface area contributed by atoms with E-state index in [1.165, 1.54) is 0 Å².